The monoisotopic (exact) mass is 1590 g/mol. The van der Waals surface area contributed by atoms with Crippen molar-refractivity contribution in [2.45, 2.75) is 127 Å². The third kappa shape index (κ3) is 17.6. The summed E-state index contributed by atoms with van der Waals surface area (Å²) < 4.78 is 21.7. The Morgan fingerprint density at radius 3 is 1.06 bits per heavy atom. The van der Waals surface area contributed by atoms with Crippen molar-refractivity contribution in [1.29, 1.82) is 0 Å². The summed E-state index contributed by atoms with van der Waals surface area (Å²) in [5.74, 6) is 3.26. The van der Waals surface area contributed by atoms with Crippen molar-refractivity contribution in [2.24, 2.45) is 0 Å². The van der Waals surface area contributed by atoms with Gasteiger partial charge in [-0.3, -0.25) is 40.4 Å². The highest BCUT2D eigenvalue weighted by Gasteiger charge is 2.39. The number of carbonyl (C=O) groups is 4. The first-order chi connectivity index (χ1) is 57.9. The number of carbonyl (C=O) groups excluding carboxylic acids is 4. The van der Waals surface area contributed by atoms with E-state index in [1.54, 1.807) is 14.2 Å². The number of aromatic amines is 4. The summed E-state index contributed by atoms with van der Waals surface area (Å²) in [6.07, 6.45) is 6.76. The van der Waals surface area contributed by atoms with Crippen LogP contribution in [0.15, 0.2) is 249 Å². The Bertz CT molecular complexity index is 5850. The van der Waals surface area contributed by atoms with Crippen molar-refractivity contribution in [1.82, 2.24) is 62.5 Å². The lowest BCUT2D eigenvalue weighted by molar-refractivity contribution is -0.124. The zero-order chi connectivity index (χ0) is 81.0. The molecule has 0 radical (unpaired) electrons. The van der Waals surface area contributed by atoms with E-state index in [2.05, 4.69) is 161 Å². The molecule has 5 aliphatic heterocycles. The van der Waals surface area contributed by atoms with Gasteiger partial charge in [-0.15, -0.1) is 0 Å². The van der Waals surface area contributed by atoms with Crippen LogP contribution in [-0.4, -0.2) is 102 Å². The van der Waals surface area contributed by atoms with Crippen molar-refractivity contribution in [3.63, 3.8) is 0 Å². The Kier molecular flexibility index (Phi) is 24.8. The molecule has 9 heterocycles. The van der Waals surface area contributed by atoms with Crippen LogP contribution >= 0.6 is 11.6 Å². The molecule has 5 aliphatic rings. The molecule has 0 saturated carbocycles. The van der Waals surface area contributed by atoms with Crippen LogP contribution in [0.5, 0.6) is 23.0 Å². The van der Waals surface area contributed by atoms with Crippen LogP contribution in [0.3, 0.4) is 0 Å². The molecule has 4 aromatic heterocycles. The summed E-state index contributed by atoms with van der Waals surface area (Å²) in [5.41, 5.74) is 20.2. The van der Waals surface area contributed by atoms with Crippen LogP contribution in [-0.2, 0) is 58.0 Å². The van der Waals surface area contributed by atoms with Crippen LogP contribution in [0.2, 0.25) is 5.02 Å². The Balaban J connectivity index is 0.000000118. The van der Waals surface area contributed by atoms with Crippen LogP contribution < -0.4 is 61.5 Å². The number of aromatic nitrogens is 4. The summed E-state index contributed by atoms with van der Waals surface area (Å²) in [5, 5.41) is 32.0. The molecule has 12 N–H and O–H groups in total. The maximum atomic E-state index is 13.2. The van der Waals surface area contributed by atoms with Crippen molar-refractivity contribution in [3.8, 4) is 23.0 Å². The number of nitrogens with one attached hydrogen (secondary N) is 12. The molecule has 4 amide bonds. The minimum absolute atomic E-state index is 0.00414. The highest BCUT2D eigenvalue weighted by Crippen LogP contribution is 2.43. The van der Waals surface area contributed by atoms with Crippen LogP contribution in [0.1, 0.15) is 142 Å². The van der Waals surface area contributed by atoms with E-state index < -0.39 is 0 Å². The van der Waals surface area contributed by atoms with Gasteiger partial charge >= 0.3 is 0 Å². The second kappa shape index (κ2) is 36.8. The number of ether oxygens (including phenoxy) is 4. The summed E-state index contributed by atoms with van der Waals surface area (Å²) in [6.45, 7) is 6.96. The molecule has 0 bridgehead atoms. The number of hydrogen-bond donors (Lipinski definition) is 12. The Morgan fingerprint density at radius 1 is 0.364 bits per heavy atom. The first-order valence-electron chi connectivity index (χ1n) is 40.9. The fraction of sp³-hybridized carbons (Fsp3) is 0.258. The molecule has 10 aromatic carbocycles. The number of para-hydroxylation sites is 4. The van der Waals surface area contributed by atoms with Gasteiger partial charge in [0.2, 0.25) is 30.4 Å². The topological polar surface area (TPSA) is 265 Å². The standard InChI is InChI=1S/C26H23N3O3.C26H25N3O2.C23H27N3O2.C22H24ClN3O/c30-26(27-14-16-6-2-1-3-7-16)21-13-19-18-8-4-5-9-20(18)28-25(19)24(29-21)17-10-11-22-23(12-17)32-15-31-22;1-31-19-13-11-18(12-14-19)24-25-21(20-9-5-6-10-22(20)28-25)15-23(29-24)26(30)27-16-17-7-3-2-4-8-17;1-3-4-13-24-23(27)20-14-18-17-7-5-6-8-19(17)25-22(18)21(26-20)15-9-11-16(28-2)12-10-15;1-2-3-11-24-22(27)19-13-17-16-9-4-5-10-18(16)25-21(17)20(26-19)14-7-6-8-15(23)12-14/h1-12,21,24,28-29H,13-15H2,(H,27,30);2-14,23-24,28-29H,15-16H2,1H3,(H,27,30);5-12,20-21,25-26H,3-4,13-14H2,1-2H3,(H,24,27);4-10,12,19-20,25-26H,2-3,11,13H2,1H3,(H,24,27)/t21-,24+;23-,24+;;/m11../s1. The molecule has 602 valence electrons. The molecule has 19 rings (SSSR count). The molecule has 0 spiro atoms. The zero-order valence-corrected chi connectivity index (χ0v) is 67.4. The summed E-state index contributed by atoms with van der Waals surface area (Å²) in [4.78, 5) is 66.2. The third-order valence-electron chi connectivity index (χ3n) is 23.0. The number of benzene rings is 10. The van der Waals surface area contributed by atoms with Crippen molar-refractivity contribution in [3.05, 3.63) is 332 Å². The molecule has 8 atom stereocenters. The Labute approximate surface area is 691 Å². The van der Waals surface area contributed by atoms with Crippen LogP contribution in [0.25, 0.3) is 43.6 Å². The maximum Gasteiger partial charge on any atom is 0.237 e. The van der Waals surface area contributed by atoms with E-state index in [4.69, 9.17) is 30.5 Å². The van der Waals surface area contributed by atoms with Crippen molar-refractivity contribution < 1.29 is 38.1 Å². The minimum atomic E-state index is -0.346. The van der Waals surface area contributed by atoms with Gasteiger partial charge in [-0.25, -0.2) is 0 Å². The fourth-order valence-electron chi connectivity index (χ4n) is 16.9. The summed E-state index contributed by atoms with van der Waals surface area (Å²) in [6, 6.07) is 81.4. The van der Waals surface area contributed by atoms with Gasteiger partial charge in [-0.2, -0.15) is 0 Å². The average Bonchev–Trinajstić information content (AvgIpc) is 1.63. The van der Waals surface area contributed by atoms with Crippen molar-refractivity contribution in [2.75, 3.05) is 34.1 Å². The quantitative estimate of drug-likeness (QED) is 0.0318. The molecule has 21 heteroatoms. The first-order valence-corrected chi connectivity index (χ1v) is 41.3. The second-order valence-corrected chi connectivity index (χ2v) is 31.0. The average molecular weight is 1600 g/mol. The van der Waals surface area contributed by atoms with Gasteiger partial charge in [0.1, 0.15) is 11.5 Å². The number of methoxy groups -OCH3 is 2. The second-order valence-electron chi connectivity index (χ2n) is 30.6. The van der Waals surface area contributed by atoms with E-state index in [-0.39, 0.29) is 78.8 Å². The van der Waals surface area contributed by atoms with E-state index in [1.807, 2.05) is 164 Å². The van der Waals surface area contributed by atoms with Crippen LogP contribution in [0.4, 0.5) is 0 Å². The Morgan fingerprint density at radius 2 is 0.695 bits per heavy atom. The summed E-state index contributed by atoms with van der Waals surface area (Å²) >= 11 is 6.24. The normalized spacial score (nSPS) is 18.6. The Hall–Kier alpha value is -12.4. The van der Waals surface area contributed by atoms with E-state index in [0.29, 0.717) is 43.8 Å². The number of fused-ring (bicyclic) bond motifs is 13. The third-order valence-corrected chi connectivity index (χ3v) is 23.2. The largest absolute Gasteiger partial charge is 0.497 e. The maximum absolute atomic E-state index is 13.2. The zero-order valence-electron chi connectivity index (χ0n) is 66.6. The van der Waals surface area contributed by atoms with Gasteiger partial charge in [-0.1, -0.05) is 214 Å². The first kappa shape index (κ1) is 79.4. The molecule has 0 fully saturated rings. The SMILES string of the molecule is CCCCNC(=O)C1Cc2c([nH]c3ccccc23)C(c2ccc(OC)cc2)N1.CCCCNC(=O)C1Cc2c([nH]c3ccccc23)C(c2cccc(Cl)c2)N1.COc1ccc([C@@H]2N[C@@H](C(=O)NCc3ccccc3)Cc3c2[nH]c2ccccc32)cc1.O=C(NCc1ccccc1)[C@H]1Cc2c([nH]c3ccccc23)[C@H](c2ccc3c(c2)OCO3)N1. The predicted molar refractivity (Wildman–Crippen MR) is 465 cm³/mol. The molecule has 0 aliphatic carbocycles. The van der Waals surface area contributed by atoms with E-state index in [9.17, 15) is 19.2 Å². The van der Waals surface area contributed by atoms with Crippen LogP contribution in [0, 0.1) is 0 Å². The lowest BCUT2D eigenvalue weighted by atomic mass is 9.90. The number of hydrogen-bond acceptors (Lipinski definition) is 12. The van der Waals surface area contributed by atoms with Gasteiger partial charge in [0.05, 0.1) is 62.6 Å². The van der Waals surface area contributed by atoms with E-state index >= 15 is 0 Å². The lowest BCUT2D eigenvalue weighted by Crippen LogP contribution is -2.50. The van der Waals surface area contributed by atoms with Gasteiger partial charge in [0.15, 0.2) is 11.5 Å². The number of rotatable bonds is 20. The van der Waals surface area contributed by atoms with Gasteiger partial charge in [0.25, 0.3) is 0 Å². The van der Waals surface area contributed by atoms with E-state index in [1.165, 1.54) is 38.4 Å². The number of amides is 4. The number of H-pyrrole nitrogens is 4. The molecular formula is C97H99ClN12O8. The number of unbranched alkanes of at least 4 members (excludes halogenated alkanes) is 2. The van der Waals surface area contributed by atoms with Gasteiger partial charge in [-0.05, 0) is 167 Å². The lowest BCUT2D eigenvalue weighted by Gasteiger charge is -2.31. The smallest absolute Gasteiger partial charge is 0.237 e. The number of halogens is 1. The van der Waals surface area contributed by atoms with E-state index in [0.717, 1.165) is 145 Å². The van der Waals surface area contributed by atoms with Gasteiger partial charge in [0, 0.05) is 97.6 Å². The molecule has 14 aromatic rings. The molecule has 4 unspecified atom stereocenters. The highest BCUT2D eigenvalue weighted by atomic mass is 35.5. The molecule has 118 heavy (non-hydrogen) atoms. The molecule has 0 saturated heterocycles. The van der Waals surface area contributed by atoms with Gasteiger partial charge < -0.3 is 60.2 Å². The fourth-order valence-corrected chi connectivity index (χ4v) is 17.1. The predicted octanol–water partition coefficient (Wildman–Crippen LogP) is 16.0. The molecule has 20 nitrogen and oxygen atoms in total. The summed E-state index contributed by atoms with van der Waals surface area (Å²) in [7, 11) is 3.33. The highest BCUT2D eigenvalue weighted by molar-refractivity contribution is 6.30. The molecular weight excluding hydrogens is 1500 g/mol. The minimum Gasteiger partial charge on any atom is -0.497 e. The van der Waals surface area contributed by atoms with Crippen molar-refractivity contribution >= 4 is 78.8 Å².